The van der Waals surface area contributed by atoms with Crippen molar-refractivity contribution in [2.45, 2.75) is 38.1 Å². The highest BCUT2D eigenvalue weighted by molar-refractivity contribution is 6.04. The molecule has 5 nitrogen and oxygen atoms in total. The van der Waals surface area contributed by atoms with Crippen molar-refractivity contribution >= 4 is 16.8 Å². The number of aliphatic hydroxyl groups is 1. The van der Waals surface area contributed by atoms with E-state index < -0.39 is 5.54 Å². The molecule has 0 aliphatic heterocycles. The monoisotopic (exact) mass is 287 g/mol. The second-order valence-electron chi connectivity index (χ2n) is 6.19. The third kappa shape index (κ3) is 2.65. The molecule has 1 fully saturated rings. The number of aliphatic hydroxyl groups excluding tert-OH is 1. The summed E-state index contributed by atoms with van der Waals surface area (Å²) in [6, 6.07) is 7.56. The molecule has 3 rings (SSSR count). The molecule has 1 aromatic carbocycles. The summed E-state index contributed by atoms with van der Waals surface area (Å²) in [7, 11) is 0. The molecule has 0 radical (unpaired) electrons. The highest BCUT2D eigenvalue weighted by atomic mass is 16.3. The van der Waals surface area contributed by atoms with Crippen LogP contribution in [0.2, 0.25) is 0 Å². The second-order valence-corrected chi connectivity index (χ2v) is 6.19. The van der Waals surface area contributed by atoms with E-state index in [-0.39, 0.29) is 12.5 Å². The van der Waals surface area contributed by atoms with Gasteiger partial charge in [-0.25, -0.2) is 0 Å². The van der Waals surface area contributed by atoms with E-state index >= 15 is 0 Å². The van der Waals surface area contributed by atoms with Gasteiger partial charge in [0, 0.05) is 5.39 Å². The summed E-state index contributed by atoms with van der Waals surface area (Å²) < 4.78 is 0. The van der Waals surface area contributed by atoms with Gasteiger partial charge < -0.3 is 10.4 Å². The summed E-state index contributed by atoms with van der Waals surface area (Å²) >= 11 is 0. The molecule has 0 saturated heterocycles. The summed E-state index contributed by atoms with van der Waals surface area (Å²) in [5, 5.41) is 20.6. The third-order valence-electron chi connectivity index (χ3n) is 4.60. The van der Waals surface area contributed by atoms with Crippen LogP contribution in [0.4, 0.5) is 0 Å². The van der Waals surface area contributed by atoms with Crippen molar-refractivity contribution < 1.29 is 9.90 Å². The van der Waals surface area contributed by atoms with Gasteiger partial charge in [-0.1, -0.05) is 25.1 Å². The molecule has 5 heteroatoms. The van der Waals surface area contributed by atoms with E-state index in [0.29, 0.717) is 11.6 Å². The van der Waals surface area contributed by atoms with Crippen LogP contribution in [0.15, 0.2) is 24.3 Å². The molecule has 1 saturated carbocycles. The van der Waals surface area contributed by atoms with Crippen LogP contribution in [-0.4, -0.2) is 33.4 Å². The number of hydrogen-bond donors (Lipinski definition) is 3. The van der Waals surface area contributed by atoms with E-state index in [0.717, 1.165) is 36.6 Å². The first kappa shape index (κ1) is 14.1. The summed E-state index contributed by atoms with van der Waals surface area (Å²) in [4.78, 5) is 12.5. The normalized spacial score (nSPS) is 25.9. The zero-order chi connectivity index (χ0) is 14.9. The number of para-hydroxylation sites is 1. The molecule has 1 heterocycles. The fourth-order valence-corrected chi connectivity index (χ4v) is 3.07. The number of aromatic amines is 1. The maximum atomic E-state index is 12.5. The molecule has 1 aliphatic carbocycles. The van der Waals surface area contributed by atoms with Crippen LogP contribution in [0.3, 0.4) is 0 Å². The lowest BCUT2D eigenvalue weighted by molar-refractivity contribution is 0.0714. The number of carbonyl (C=O) groups is 1. The lowest BCUT2D eigenvalue weighted by Crippen LogP contribution is -2.53. The first-order valence-corrected chi connectivity index (χ1v) is 7.50. The van der Waals surface area contributed by atoms with E-state index in [4.69, 9.17) is 0 Å². The maximum absolute atomic E-state index is 12.5. The molecular weight excluding hydrogens is 266 g/mol. The Kier molecular flexibility index (Phi) is 3.68. The number of benzene rings is 1. The van der Waals surface area contributed by atoms with Crippen molar-refractivity contribution in [2.24, 2.45) is 5.92 Å². The molecular formula is C16H21N3O2. The molecule has 1 aliphatic rings. The Morgan fingerprint density at radius 2 is 2.14 bits per heavy atom. The number of nitrogens with one attached hydrogen (secondary N) is 2. The molecule has 0 bridgehead atoms. The van der Waals surface area contributed by atoms with Crippen LogP contribution in [0.5, 0.6) is 0 Å². The standard InChI is InChI=1S/C16H21N3O2/c1-11-6-8-16(10-20,9-7-11)17-15(21)14-12-4-2-3-5-13(12)18-19-14/h2-5,11,20H,6-10H2,1H3,(H,17,21)(H,18,19). The van der Waals surface area contributed by atoms with Gasteiger partial charge in [-0.2, -0.15) is 5.10 Å². The average Bonchev–Trinajstić information content (AvgIpc) is 2.94. The molecule has 0 spiro atoms. The van der Waals surface area contributed by atoms with E-state index in [9.17, 15) is 9.90 Å². The third-order valence-corrected chi connectivity index (χ3v) is 4.60. The molecule has 3 N–H and O–H groups in total. The van der Waals surface area contributed by atoms with E-state index in [2.05, 4.69) is 22.4 Å². The van der Waals surface area contributed by atoms with Crippen molar-refractivity contribution in [3.8, 4) is 0 Å². The van der Waals surface area contributed by atoms with Gasteiger partial charge >= 0.3 is 0 Å². The van der Waals surface area contributed by atoms with Gasteiger partial charge in [0.15, 0.2) is 5.69 Å². The van der Waals surface area contributed by atoms with Crippen LogP contribution in [0.1, 0.15) is 43.1 Å². The molecule has 112 valence electrons. The first-order chi connectivity index (χ1) is 10.1. The Balaban J connectivity index is 1.82. The lowest BCUT2D eigenvalue weighted by atomic mass is 9.77. The van der Waals surface area contributed by atoms with Crippen molar-refractivity contribution in [1.82, 2.24) is 15.5 Å². The number of carbonyl (C=O) groups excluding carboxylic acids is 1. The second kappa shape index (κ2) is 5.48. The summed E-state index contributed by atoms with van der Waals surface area (Å²) in [6.07, 6.45) is 3.70. The fraction of sp³-hybridized carbons (Fsp3) is 0.500. The van der Waals surface area contributed by atoms with Crippen LogP contribution in [-0.2, 0) is 0 Å². The van der Waals surface area contributed by atoms with Crippen LogP contribution < -0.4 is 5.32 Å². The van der Waals surface area contributed by atoms with Gasteiger partial charge in [0.05, 0.1) is 17.7 Å². The smallest absolute Gasteiger partial charge is 0.272 e. The number of fused-ring (bicyclic) bond motifs is 1. The Morgan fingerprint density at radius 1 is 1.43 bits per heavy atom. The number of amides is 1. The number of aromatic nitrogens is 2. The average molecular weight is 287 g/mol. The molecule has 0 atom stereocenters. The zero-order valence-corrected chi connectivity index (χ0v) is 12.2. The number of H-pyrrole nitrogens is 1. The SMILES string of the molecule is CC1CCC(CO)(NC(=O)c2n[nH]c3ccccc23)CC1. The summed E-state index contributed by atoms with van der Waals surface area (Å²) in [5.41, 5.74) is 0.749. The Hall–Kier alpha value is -1.88. The van der Waals surface area contributed by atoms with Gasteiger partial charge in [-0.3, -0.25) is 9.89 Å². The Labute approximate surface area is 123 Å². The van der Waals surface area contributed by atoms with Crippen molar-refractivity contribution in [1.29, 1.82) is 0 Å². The highest BCUT2D eigenvalue weighted by Crippen LogP contribution is 2.32. The van der Waals surface area contributed by atoms with Crippen LogP contribution >= 0.6 is 0 Å². The minimum atomic E-state index is -0.496. The molecule has 1 amide bonds. The Morgan fingerprint density at radius 3 is 2.86 bits per heavy atom. The lowest BCUT2D eigenvalue weighted by Gasteiger charge is -2.38. The molecule has 0 unspecified atom stereocenters. The molecule has 1 aromatic heterocycles. The van der Waals surface area contributed by atoms with Gasteiger partial charge in [-0.15, -0.1) is 0 Å². The molecule has 2 aromatic rings. The van der Waals surface area contributed by atoms with E-state index in [1.54, 1.807) is 0 Å². The fourth-order valence-electron chi connectivity index (χ4n) is 3.07. The highest BCUT2D eigenvalue weighted by Gasteiger charge is 2.35. The van der Waals surface area contributed by atoms with E-state index in [1.807, 2.05) is 24.3 Å². The van der Waals surface area contributed by atoms with Crippen LogP contribution in [0.25, 0.3) is 10.9 Å². The largest absolute Gasteiger partial charge is 0.394 e. The Bertz CT molecular complexity index is 642. The maximum Gasteiger partial charge on any atom is 0.272 e. The minimum absolute atomic E-state index is 0.0200. The summed E-state index contributed by atoms with van der Waals surface area (Å²) in [5.74, 6) is 0.448. The first-order valence-electron chi connectivity index (χ1n) is 7.50. The minimum Gasteiger partial charge on any atom is -0.394 e. The van der Waals surface area contributed by atoms with Gasteiger partial charge in [-0.05, 0) is 37.7 Å². The number of rotatable bonds is 3. The van der Waals surface area contributed by atoms with Gasteiger partial charge in [0.25, 0.3) is 5.91 Å². The molecule has 21 heavy (non-hydrogen) atoms. The number of hydrogen-bond acceptors (Lipinski definition) is 3. The van der Waals surface area contributed by atoms with Crippen molar-refractivity contribution in [2.75, 3.05) is 6.61 Å². The topological polar surface area (TPSA) is 78.0 Å². The predicted octanol–water partition coefficient (Wildman–Crippen LogP) is 2.23. The van der Waals surface area contributed by atoms with Gasteiger partial charge in [0.1, 0.15) is 0 Å². The zero-order valence-electron chi connectivity index (χ0n) is 12.2. The van der Waals surface area contributed by atoms with E-state index in [1.165, 1.54) is 0 Å². The van der Waals surface area contributed by atoms with Crippen LogP contribution in [0, 0.1) is 5.92 Å². The van der Waals surface area contributed by atoms with Crippen molar-refractivity contribution in [3.63, 3.8) is 0 Å². The summed E-state index contributed by atoms with van der Waals surface area (Å²) in [6.45, 7) is 2.19. The predicted molar refractivity (Wildman–Crippen MR) is 81.0 cm³/mol. The van der Waals surface area contributed by atoms with Gasteiger partial charge in [0.2, 0.25) is 0 Å². The number of nitrogens with zero attached hydrogens (tertiary/aromatic N) is 1. The quantitative estimate of drug-likeness (QED) is 0.810. The van der Waals surface area contributed by atoms with Crippen molar-refractivity contribution in [3.05, 3.63) is 30.0 Å².